The number of carbonyl (C=O) groups excluding carboxylic acids is 1. The monoisotopic (exact) mass is 259 g/mol. The standard InChI is InChI=1S/C15H21N3O/c1-15-8-5-11-18(13(15)7-4-10-17-15)14(19)12-6-2-3-9-16-12/h2-3,6,9,13,17H,4-5,7-8,10-11H2,1H3/t13-,15+/m1/s1. The number of amides is 1. The van der Waals surface area contributed by atoms with Crippen molar-refractivity contribution in [1.82, 2.24) is 15.2 Å². The summed E-state index contributed by atoms with van der Waals surface area (Å²) in [6.07, 6.45) is 6.16. The number of nitrogens with one attached hydrogen (secondary N) is 1. The lowest BCUT2D eigenvalue weighted by Crippen LogP contribution is -2.65. The lowest BCUT2D eigenvalue weighted by molar-refractivity contribution is 0.0249. The van der Waals surface area contributed by atoms with Gasteiger partial charge >= 0.3 is 0 Å². The molecule has 102 valence electrons. The van der Waals surface area contributed by atoms with Gasteiger partial charge in [-0.2, -0.15) is 0 Å². The van der Waals surface area contributed by atoms with E-state index < -0.39 is 0 Å². The van der Waals surface area contributed by atoms with Gasteiger partial charge in [-0.25, -0.2) is 0 Å². The van der Waals surface area contributed by atoms with Gasteiger partial charge in [0.2, 0.25) is 0 Å². The highest BCUT2D eigenvalue weighted by molar-refractivity contribution is 5.92. The molecular formula is C15H21N3O. The number of nitrogens with zero attached hydrogens (tertiary/aromatic N) is 2. The number of hydrogen-bond acceptors (Lipinski definition) is 3. The summed E-state index contributed by atoms with van der Waals surface area (Å²) in [6.45, 7) is 4.19. The molecule has 2 fully saturated rings. The van der Waals surface area contributed by atoms with E-state index in [1.807, 2.05) is 23.1 Å². The Labute approximate surface area is 114 Å². The molecule has 0 radical (unpaired) electrons. The minimum absolute atomic E-state index is 0.0835. The van der Waals surface area contributed by atoms with Crippen LogP contribution in [-0.2, 0) is 0 Å². The molecule has 0 spiro atoms. The van der Waals surface area contributed by atoms with E-state index >= 15 is 0 Å². The molecule has 2 aliphatic heterocycles. The van der Waals surface area contributed by atoms with Crippen molar-refractivity contribution in [3.8, 4) is 0 Å². The number of likely N-dealkylation sites (tertiary alicyclic amines) is 1. The van der Waals surface area contributed by atoms with E-state index in [1.54, 1.807) is 6.20 Å². The predicted octanol–water partition coefficient (Wildman–Crippen LogP) is 1.83. The lowest BCUT2D eigenvalue weighted by Gasteiger charge is -2.51. The fourth-order valence-electron chi connectivity index (χ4n) is 3.51. The Morgan fingerprint density at radius 1 is 1.47 bits per heavy atom. The van der Waals surface area contributed by atoms with Crippen molar-refractivity contribution in [2.24, 2.45) is 0 Å². The van der Waals surface area contributed by atoms with Crippen LogP contribution in [0.25, 0.3) is 0 Å². The Bertz CT molecular complexity index is 458. The van der Waals surface area contributed by atoms with Crippen molar-refractivity contribution in [2.75, 3.05) is 13.1 Å². The zero-order valence-electron chi connectivity index (χ0n) is 11.4. The normalized spacial score (nSPS) is 30.8. The quantitative estimate of drug-likeness (QED) is 0.837. The zero-order valence-corrected chi connectivity index (χ0v) is 11.4. The molecule has 0 bridgehead atoms. The van der Waals surface area contributed by atoms with Crippen molar-refractivity contribution in [2.45, 2.75) is 44.2 Å². The fraction of sp³-hybridized carbons (Fsp3) is 0.600. The van der Waals surface area contributed by atoms with Gasteiger partial charge in [0.1, 0.15) is 5.69 Å². The van der Waals surface area contributed by atoms with Crippen LogP contribution in [-0.4, -0.2) is 40.5 Å². The highest BCUT2D eigenvalue weighted by Gasteiger charge is 2.44. The Kier molecular flexibility index (Phi) is 3.27. The lowest BCUT2D eigenvalue weighted by atomic mass is 9.77. The van der Waals surface area contributed by atoms with Crippen LogP contribution in [0, 0.1) is 0 Å². The number of aromatic nitrogens is 1. The van der Waals surface area contributed by atoms with E-state index in [2.05, 4.69) is 17.2 Å². The minimum atomic E-state index is 0.0835. The first kappa shape index (κ1) is 12.6. The van der Waals surface area contributed by atoms with Gasteiger partial charge in [-0.15, -0.1) is 0 Å². The van der Waals surface area contributed by atoms with Gasteiger partial charge < -0.3 is 10.2 Å². The molecule has 4 heteroatoms. The van der Waals surface area contributed by atoms with Crippen LogP contribution >= 0.6 is 0 Å². The summed E-state index contributed by atoms with van der Waals surface area (Å²) >= 11 is 0. The van der Waals surface area contributed by atoms with Crippen LogP contribution in [0.4, 0.5) is 0 Å². The number of pyridine rings is 1. The molecule has 1 aromatic heterocycles. The predicted molar refractivity (Wildman–Crippen MR) is 73.9 cm³/mol. The first-order valence-electron chi connectivity index (χ1n) is 7.18. The molecule has 1 N–H and O–H groups in total. The van der Waals surface area contributed by atoms with Gasteiger partial charge in [0.25, 0.3) is 5.91 Å². The summed E-state index contributed by atoms with van der Waals surface area (Å²) in [4.78, 5) is 18.9. The number of rotatable bonds is 1. The molecule has 19 heavy (non-hydrogen) atoms. The maximum absolute atomic E-state index is 12.6. The number of piperidine rings is 2. The van der Waals surface area contributed by atoms with Gasteiger partial charge in [0.05, 0.1) is 0 Å². The molecule has 1 aromatic rings. The number of fused-ring (bicyclic) bond motifs is 1. The van der Waals surface area contributed by atoms with E-state index in [1.165, 1.54) is 0 Å². The van der Waals surface area contributed by atoms with Gasteiger partial charge in [-0.05, 0) is 51.3 Å². The first-order valence-corrected chi connectivity index (χ1v) is 7.18. The molecular weight excluding hydrogens is 238 g/mol. The Hall–Kier alpha value is -1.42. The average molecular weight is 259 g/mol. The molecule has 0 saturated carbocycles. The zero-order chi connectivity index (χ0) is 13.3. The van der Waals surface area contributed by atoms with E-state index in [-0.39, 0.29) is 11.4 Å². The highest BCUT2D eigenvalue weighted by Crippen LogP contribution is 2.33. The second kappa shape index (κ2) is 4.93. The number of hydrogen-bond donors (Lipinski definition) is 1. The van der Waals surface area contributed by atoms with Crippen molar-refractivity contribution in [3.63, 3.8) is 0 Å². The SMILES string of the molecule is C[C@]12CCCN(C(=O)c3ccccn3)[C@@H]1CCCN2. The largest absolute Gasteiger partial charge is 0.332 e. The molecule has 4 nitrogen and oxygen atoms in total. The van der Waals surface area contributed by atoms with Gasteiger partial charge in [0, 0.05) is 24.3 Å². The third-order valence-electron chi connectivity index (χ3n) is 4.53. The number of carbonyl (C=O) groups is 1. The summed E-state index contributed by atoms with van der Waals surface area (Å²) in [5.41, 5.74) is 0.651. The molecule has 0 unspecified atom stereocenters. The van der Waals surface area contributed by atoms with Crippen LogP contribution in [0.3, 0.4) is 0 Å². The van der Waals surface area contributed by atoms with E-state index in [4.69, 9.17) is 0 Å². The molecule has 3 heterocycles. The third-order valence-corrected chi connectivity index (χ3v) is 4.53. The fourth-order valence-corrected chi connectivity index (χ4v) is 3.51. The van der Waals surface area contributed by atoms with Gasteiger partial charge in [0.15, 0.2) is 0 Å². The molecule has 1 amide bonds. The van der Waals surface area contributed by atoms with Crippen molar-refractivity contribution in [3.05, 3.63) is 30.1 Å². The van der Waals surface area contributed by atoms with Crippen molar-refractivity contribution < 1.29 is 4.79 Å². The van der Waals surface area contributed by atoms with Gasteiger partial charge in [-0.3, -0.25) is 9.78 Å². The van der Waals surface area contributed by atoms with Crippen molar-refractivity contribution >= 4 is 5.91 Å². The van der Waals surface area contributed by atoms with Crippen molar-refractivity contribution in [1.29, 1.82) is 0 Å². The van der Waals surface area contributed by atoms with E-state index in [0.717, 1.165) is 38.8 Å². The smallest absolute Gasteiger partial charge is 0.272 e. The minimum Gasteiger partial charge on any atom is -0.332 e. The van der Waals surface area contributed by atoms with E-state index in [9.17, 15) is 4.79 Å². The summed E-state index contributed by atoms with van der Waals surface area (Å²) in [7, 11) is 0. The maximum Gasteiger partial charge on any atom is 0.272 e. The molecule has 2 atom stereocenters. The maximum atomic E-state index is 12.6. The molecule has 0 aromatic carbocycles. The molecule has 0 aliphatic carbocycles. The summed E-state index contributed by atoms with van der Waals surface area (Å²) < 4.78 is 0. The highest BCUT2D eigenvalue weighted by atomic mass is 16.2. The molecule has 2 saturated heterocycles. The summed E-state index contributed by atoms with van der Waals surface area (Å²) in [6, 6.07) is 5.84. The Morgan fingerprint density at radius 2 is 2.37 bits per heavy atom. The van der Waals surface area contributed by atoms with Crippen LogP contribution in [0.2, 0.25) is 0 Å². The third kappa shape index (κ3) is 2.25. The van der Waals surface area contributed by atoms with Crippen LogP contribution < -0.4 is 5.32 Å². The average Bonchev–Trinajstić information content (AvgIpc) is 2.46. The second-order valence-corrected chi connectivity index (χ2v) is 5.82. The van der Waals surface area contributed by atoms with Crippen LogP contribution in [0.5, 0.6) is 0 Å². The topological polar surface area (TPSA) is 45.2 Å². The summed E-state index contributed by atoms with van der Waals surface area (Å²) in [5, 5.41) is 3.62. The van der Waals surface area contributed by atoms with Gasteiger partial charge in [-0.1, -0.05) is 6.07 Å². The summed E-state index contributed by atoms with van der Waals surface area (Å²) in [5.74, 6) is 0.0835. The Morgan fingerprint density at radius 3 is 3.16 bits per heavy atom. The van der Waals surface area contributed by atoms with E-state index in [0.29, 0.717) is 11.7 Å². The Balaban J connectivity index is 1.85. The first-order chi connectivity index (χ1) is 9.21. The second-order valence-electron chi connectivity index (χ2n) is 5.82. The van der Waals surface area contributed by atoms with Crippen LogP contribution in [0.1, 0.15) is 43.1 Å². The molecule has 3 rings (SSSR count). The van der Waals surface area contributed by atoms with Crippen LogP contribution in [0.15, 0.2) is 24.4 Å². The molecule has 2 aliphatic rings.